The third-order valence-electron chi connectivity index (χ3n) is 4.08. The number of hydrogen-bond acceptors (Lipinski definition) is 3. The highest BCUT2D eigenvalue weighted by Crippen LogP contribution is 2.04. The van der Waals surface area contributed by atoms with Gasteiger partial charge in [0.25, 0.3) is 0 Å². The lowest BCUT2D eigenvalue weighted by atomic mass is 10.1. The fraction of sp³-hybridized carbons (Fsp3) is 0.611. The maximum Gasteiger partial charge on any atom is 0.191 e. The van der Waals surface area contributed by atoms with E-state index in [9.17, 15) is 0 Å². The molecule has 0 radical (unpaired) electrons. The molecule has 6 heteroatoms. The van der Waals surface area contributed by atoms with E-state index in [-0.39, 0.29) is 24.0 Å². The number of rotatable bonds is 7. The molecule has 2 N–H and O–H groups in total. The van der Waals surface area contributed by atoms with Crippen molar-refractivity contribution in [3.8, 4) is 0 Å². The van der Waals surface area contributed by atoms with Gasteiger partial charge in [0, 0.05) is 32.2 Å². The number of guanidine groups is 1. The van der Waals surface area contributed by atoms with Crippen LogP contribution >= 0.6 is 24.0 Å². The van der Waals surface area contributed by atoms with Gasteiger partial charge in [-0.25, -0.2) is 0 Å². The normalized spacial score (nSPS) is 17.0. The zero-order valence-corrected chi connectivity index (χ0v) is 17.2. The molecule has 1 aliphatic heterocycles. The second kappa shape index (κ2) is 12.5. The number of aliphatic imine (C=N–C) groups is 1. The van der Waals surface area contributed by atoms with Crippen LogP contribution in [-0.2, 0) is 11.2 Å². The first-order valence-electron chi connectivity index (χ1n) is 8.67. The molecule has 0 spiro atoms. The van der Waals surface area contributed by atoms with Crippen LogP contribution in [-0.4, -0.2) is 62.8 Å². The molecule has 1 aromatic carbocycles. The van der Waals surface area contributed by atoms with Crippen LogP contribution in [0.15, 0.2) is 35.3 Å². The van der Waals surface area contributed by atoms with E-state index in [2.05, 4.69) is 59.7 Å². The molecule has 1 aliphatic rings. The van der Waals surface area contributed by atoms with Gasteiger partial charge in [0.1, 0.15) is 0 Å². The van der Waals surface area contributed by atoms with Crippen LogP contribution in [0.4, 0.5) is 0 Å². The van der Waals surface area contributed by atoms with Crippen LogP contribution in [0.5, 0.6) is 0 Å². The number of hydrogen-bond donors (Lipinski definition) is 2. The predicted molar refractivity (Wildman–Crippen MR) is 111 cm³/mol. The minimum absolute atomic E-state index is 0. The highest BCUT2D eigenvalue weighted by Gasteiger charge is 2.16. The molecule has 0 bridgehead atoms. The maximum atomic E-state index is 5.41. The summed E-state index contributed by atoms with van der Waals surface area (Å²) < 4.78 is 5.41. The Morgan fingerprint density at radius 1 is 1.21 bits per heavy atom. The number of morpholine rings is 1. The van der Waals surface area contributed by atoms with Gasteiger partial charge in [0.2, 0.25) is 0 Å². The minimum Gasteiger partial charge on any atom is -0.379 e. The maximum absolute atomic E-state index is 5.41. The Kier molecular flexibility index (Phi) is 11.0. The van der Waals surface area contributed by atoms with Crippen molar-refractivity contribution < 1.29 is 4.74 Å². The smallest absolute Gasteiger partial charge is 0.191 e. The van der Waals surface area contributed by atoms with E-state index in [1.54, 1.807) is 0 Å². The van der Waals surface area contributed by atoms with E-state index in [1.807, 2.05) is 0 Å². The van der Waals surface area contributed by atoms with Crippen molar-refractivity contribution in [3.63, 3.8) is 0 Å². The van der Waals surface area contributed by atoms with Crippen LogP contribution in [0, 0.1) is 0 Å². The van der Waals surface area contributed by atoms with Crippen molar-refractivity contribution >= 4 is 29.9 Å². The third kappa shape index (κ3) is 7.81. The number of ether oxygens (including phenoxy) is 1. The van der Waals surface area contributed by atoms with Crippen molar-refractivity contribution in [2.45, 2.75) is 26.3 Å². The molecule has 0 aliphatic carbocycles. The Bertz CT molecular complexity index is 463. The van der Waals surface area contributed by atoms with E-state index in [0.29, 0.717) is 6.04 Å². The van der Waals surface area contributed by atoms with E-state index < -0.39 is 0 Å². The van der Waals surface area contributed by atoms with E-state index >= 15 is 0 Å². The van der Waals surface area contributed by atoms with Crippen molar-refractivity contribution in [1.29, 1.82) is 0 Å². The minimum atomic E-state index is 0. The Labute approximate surface area is 163 Å². The van der Waals surface area contributed by atoms with Gasteiger partial charge in [-0.05, 0) is 25.8 Å². The molecule has 5 nitrogen and oxygen atoms in total. The summed E-state index contributed by atoms with van der Waals surface area (Å²) in [5.74, 6) is 0.906. The van der Waals surface area contributed by atoms with Gasteiger partial charge in [-0.1, -0.05) is 30.3 Å². The molecule has 0 aromatic heterocycles. The monoisotopic (exact) mass is 446 g/mol. The average molecular weight is 446 g/mol. The van der Waals surface area contributed by atoms with Crippen LogP contribution in [0.3, 0.4) is 0 Å². The standard InChI is InChI=1S/C18H30N4O.HI/c1-3-19-18(20-10-9-17-7-5-4-6-8-17)21-15-16(2)22-11-13-23-14-12-22;/h4-8,16H,3,9-15H2,1-2H3,(H2,19,20,21);1H. The molecule has 1 atom stereocenters. The summed E-state index contributed by atoms with van der Waals surface area (Å²) in [6, 6.07) is 11.0. The van der Waals surface area contributed by atoms with Gasteiger partial charge < -0.3 is 15.4 Å². The molecule has 0 saturated carbocycles. The Morgan fingerprint density at radius 3 is 2.58 bits per heavy atom. The number of halogens is 1. The summed E-state index contributed by atoms with van der Waals surface area (Å²) in [4.78, 5) is 7.18. The highest BCUT2D eigenvalue weighted by molar-refractivity contribution is 14.0. The van der Waals surface area contributed by atoms with Crippen LogP contribution in [0.25, 0.3) is 0 Å². The Morgan fingerprint density at radius 2 is 1.92 bits per heavy atom. The summed E-state index contributed by atoms with van der Waals surface area (Å²) in [7, 11) is 0. The second-order valence-corrected chi connectivity index (χ2v) is 5.88. The first-order valence-corrected chi connectivity index (χ1v) is 8.67. The first kappa shape index (κ1) is 21.2. The number of nitrogens with zero attached hydrogens (tertiary/aromatic N) is 2. The lowest BCUT2D eigenvalue weighted by Gasteiger charge is -2.31. The second-order valence-electron chi connectivity index (χ2n) is 5.88. The van der Waals surface area contributed by atoms with Gasteiger partial charge in [-0.15, -0.1) is 24.0 Å². The summed E-state index contributed by atoms with van der Waals surface area (Å²) in [5.41, 5.74) is 1.34. The molecule has 1 saturated heterocycles. The number of nitrogens with one attached hydrogen (secondary N) is 2. The van der Waals surface area contributed by atoms with Crippen molar-refractivity contribution in [2.24, 2.45) is 4.99 Å². The van der Waals surface area contributed by atoms with Crippen molar-refractivity contribution in [2.75, 3.05) is 45.9 Å². The number of benzene rings is 1. The van der Waals surface area contributed by atoms with Gasteiger partial charge in [0.05, 0.1) is 19.8 Å². The molecule has 1 heterocycles. The van der Waals surface area contributed by atoms with Crippen molar-refractivity contribution in [3.05, 3.63) is 35.9 Å². The zero-order chi connectivity index (χ0) is 16.3. The van der Waals surface area contributed by atoms with Crippen LogP contribution in [0.2, 0.25) is 0 Å². The summed E-state index contributed by atoms with van der Waals surface area (Å²) in [6.07, 6.45) is 1.00. The predicted octanol–water partition coefficient (Wildman–Crippen LogP) is 2.12. The van der Waals surface area contributed by atoms with Crippen molar-refractivity contribution in [1.82, 2.24) is 15.5 Å². The first-order chi connectivity index (χ1) is 11.3. The van der Waals surface area contributed by atoms with Gasteiger partial charge in [-0.3, -0.25) is 9.89 Å². The summed E-state index contributed by atoms with van der Waals surface area (Å²) >= 11 is 0. The van der Waals surface area contributed by atoms with Gasteiger partial charge in [-0.2, -0.15) is 0 Å². The molecule has 2 rings (SSSR count). The highest BCUT2D eigenvalue weighted by atomic mass is 127. The molecule has 136 valence electrons. The van der Waals surface area contributed by atoms with E-state index in [1.165, 1.54) is 5.56 Å². The Hall–Kier alpha value is -0.860. The fourth-order valence-electron chi connectivity index (χ4n) is 2.67. The molecule has 1 aromatic rings. The quantitative estimate of drug-likeness (QED) is 0.383. The van der Waals surface area contributed by atoms with Gasteiger partial charge >= 0.3 is 0 Å². The largest absolute Gasteiger partial charge is 0.379 e. The summed E-state index contributed by atoms with van der Waals surface area (Å²) in [5, 5.41) is 6.75. The molecule has 1 unspecified atom stereocenters. The van der Waals surface area contributed by atoms with Gasteiger partial charge in [0.15, 0.2) is 5.96 Å². The molecular formula is C18H31IN4O. The zero-order valence-electron chi connectivity index (χ0n) is 14.8. The molecule has 0 amide bonds. The Balaban J connectivity index is 0.00000288. The van der Waals surface area contributed by atoms with Crippen LogP contribution < -0.4 is 10.6 Å². The van der Waals surface area contributed by atoms with E-state index in [0.717, 1.165) is 58.3 Å². The fourth-order valence-corrected chi connectivity index (χ4v) is 2.67. The third-order valence-corrected chi connectivity index (χ3v) is 4.08. The lowest BCUT2D eigenvalue weighted by molar-refractivity contribution is 0.0220. The van der Waals surface area contributed by atoms with E-state index in [4.69, 9.17) is 9.73 Å². The molecular weight excluding hydrogens is 415 g/mol. The molecule has 1 fully saturated rings. The lowest BCUT2D eigenvalue weighted by Crippen LogP contribution is -2.44. The average Bonchev–Trinajstić information content (AvgIpc) is 2.61. The summed E-state index contributed by atoms with van der Waals surface area (Å²) in [6.45, 7) is 10.6. The van der Waals surface area contributed by atoms with Crippen LogP contribution in [0.1, 0.15) is 19.4 Å². The molecule has 24 heavy (non-hydrogen) atoms. The SMILES string of the molecule is CCNC(=NCC(C)N1CCOCC1)NCCc1ccccc1.I. The topological polar surface area (TPSA) is 48.9 Å².